The summed E-state index contributed by atoms with van der Waals surface area (Å²) in [5.74, 6) is -0.00572. The molecule has 0 radical (unpaired) electrons. The van der Waals surface area contributed by atoms with E-state index in [1.54, 1.807) is 17.0 Å². The van der Waals surface area contributed by atoms with E-state index in [9.17, 15) is 14.7 Å². The molecule has 3 fully saturated rings. The van der Waals surface area contributed by atoms with Gasteiger partial charge >= 0.3 is 0 Å². The van der Waals surface area contributed by atoms with E-state index < -0.39 is 0 Å². The third-order valence-electron chi connectivity index (χ3n) is 7.70. The first-order valence-corrected chi connectivity index (χ1v) is 13.9. The van der Waals surface area contributed by atoms with Gasteiger partial charge in [-0.05, 0) is 50.3 Å². The van der Waals surface area contributed by atoms with Gasteiger partial charge in [-0.3, -0.25) is 14.5 Å². The molecule has 2 aliphatic heterocycles. The van der Waals surface area contributed by atoms with Gasteiger partial charge in [0, 0.05) is 55.9 Å². The third kappa shape index (κ3) is 5.62. The summed E-state index contributed by atoms with van der Waals surface area (Å²) in [5, 5.41) is 13.6. The molecule has 5 rings (SSSR count). The minimum atomic E-state index is -0.335. The van der Waals surface area contributed by atoms with Crippen molar-refractivity contribution in [3.05, 3.63) is 39.6 Å². The minimum Gasteiger partial charge on any atom is -0.507 e. The molecule has 3 heterocycles. The minimum absolute atomic E-state index is 0.0737. The number of aromatic nitrogens is 2. The Hall–Kier alpha value is -2.82. The van der Waals surface area contributed by atoms with E-state index in [1.807, 2.05) is 0 Å². The van der Waals surface area contributed by atoms with Crippen molar-refractivity contribution < 1.29 is 14.7 Å². The molecule has 1 aromatic heterocycles. The second-order valence-corrected chi connectivity index (χ2v) is 11.0. The molecule has 1 aliphatic carbocycles. The number of nitrogens with one attached hydrogen (secondary N) is 1. The number of benzene rings is 1. The van der Waals surface area contributed by atoms with Gasteiger partial charge in [-0.1, -0.05) is 30.1 Å². The number of hydrogen-bond donors (Lipinski definition) is 3. The van der Waals surface area contributed by atoms with Crippen LogP contribution in [0.3, 0.4) is 0 Å². The number of piperidine rings is 1. The Bertz CT molecular complexity index is 1220. The van der Waals surface area contributed by atoms with Gasteiger partial charge in [0.2, 0.25) is 0 Å². The molecule has 2 aromatic rings. The first-order chi connectivity index (χ1) is 18.2. The molecular formula is C26H33Cl2N7O3. The Morgan fingerprint density at radius 2 is 1.84 bits per heavy atom. The number of hydrogen-bond acceptors (Lipinski definition) is 8. The van der Waals surface area contributed by atoms with Crippen LogP contribution in [0.25, 0.3) is 0 Å². The van der Waals surface area contributed by atoms with E-state index in [-0.39, 0.29) is 51.9 Å². The first-order valence-electron chi connectivity index (χ1n) is 13.2. The lowest BCUT2D eigenvalue weighted by Crippen LogP contribution is -2.58. The maximum absolute atomic E-state index is 13.0. The normalized spacial score (nSPS) is 21.0. The Kier molecular flexibility index (Phi) is 7.83. The van der Waals surface area contributed by atoms with Crippen LogP contribution >= 0.6 is 23.2 Å². The summed E-state index contributed by atoms with van der Waals surface area (Å²) < 4.78 is 0. The van der Waals surface area contributed by atoms with Gasteiger partial charge < -0.3 is 26.0 Å². The van der Waals surface area contributed by atoms with Gasteiger partial charge in [-0.25, -0.2) is 9.97 Å². The van der Waals surface area contributed by atoms with E-state index in [1.165, 1.54) is 6.07 Å². The summed E-state index contributed by atoms with van der Waals surface area (Å²) in [6.45, 7) is 5.65. The van der Waals surface area contributed by atoms with Gasteiger partial charge in [0.1, 0.15) is 5.75 Å². The predicted molar refractivity (Wildman–Crippen MR) is 147 cm³/mol. The van der Waals surface area contributed by atoms with Crippen molar-refractivity contribution in [3.63, 3.8) is 0 Å². The summed E-state index contributed by atoms with van der Waals surface area (Å²) in [6.07, 6.45) is 4.59. The number of rotatable bonds is 6. The number of carbonyl (C=O) groups excluding carboxylic acids is 2. The largest absolute Gasteiger partial charge is 0.507 e. The maximum Gasteiger partial charge on any atom is 0.274 e. The van der Waals surface area contributed by atoms with Crippen LogP contribution in [0.1, 0.15) is 59.9 Å². The average molecular weight is 563 g/mol. The van der Waals surface area contributed by atoms with Crippen LogP contribution in [0.5, 0.6) is 5.75 Å². The van der Waals surface area contributed by atoms with Crippen molar-refractivity contribution in [2.75, 3.05) is 43.4 Å². The highest BCUT2D eigenvalue weighted by Gasteiger charge is 2.36. The Balaban J connectivity index is 1.21. The van der Waals surface area contributed by atoms with Crippen LogP contribution in [0.15, 0.2) is 18.2 Å². The molecule has 38 heavy (non-hydrogen) atoms. The number of phenolic OH excluding ortho intramolecular Hbond substituents is 1. The lowest BCUT2D eigenvalue weighted by atomic mass is 9.97. The number of piperazine rings is 1. The molecule has 2 amide bonds. The van der Waals surface area contributed by atoms with Crippen LogP contribution in [0, 0.1) is 0 Å². The molecule has 4 N–H and O–H groups in total. The van der Waals surface area contributed by atoms with Gasteiger partial charge in [0.05, 0.1) is 5.56 Å². The quantitative estimate of drug-likeness (QED) is 0.490. The van der Waals surface area contributed by atoms with Crippen LogP contribution < -0.4 is 16.0 Å². The maximum atomic E-state index is 13.0. The first kappa shape index (κ1) is 26.8. The van der Waals surface area contributed by atoms with Crippen molar-refractivity contribution in [3.8, 4) is 5.75 Å². The number of nitrogens with two attached hydrogens (primary N) is 1. The molecule has 0 spiro atoms. The van der Waals surface area contributed by atoms with E-state index in [2.05, 4.69) is 32.0 Å². The Morgan fingerprint density at radius 1 is 1.11 bits per heavy atom. The zero-order valence-electron chi connectivity index (χ0n) is 21.4. The number of halogens is 2. The molecule has 1 saturated carbocycles. The zero-order valence-corrected chi connectivity index (χ0v) is 22.9. The summed E-state index contributed by atoms with van der Waals surface area (Å²) in [5.41, 5.74) is 6.47. The fourth-order valence-corrected chi connectivity index (χ4v) is 5.84. The van der Waals surface area contributed by atoms with Crippen molar-refractivity contribution in [1.29, 1.82) is 0 Å². The van der Waals surface area contributed by atoms with E-state index in [0.29, 0.717) is 36.5 Å². The van der Waals surface area contributed by atoms with Gasteiger partial charge in [-0.2, -0.15) is 0 Å². The molecule has 1 aromatic carbocycles. The average Bonchev–Trinajstić information content (AvgIpc) is 3.73. The molecule has 0 bridgehead atoms. The number of aromatic hydroxyl groups is 1. The Morgan fingerprint density at radius 3 is 2.50 bits per heavy atom. The van der Waals surface area contributed by atoms with E-state index in [4.69, 9.17) is 28.9 Å². The predicted octanol–water partition coefficient (Wildman–Crippen LogP) is 3.17. The number of nitrogens with zero attached hydrogens (tertiary/aromatic N) is 5. The van der Waals surface area contributed by atoms with E-state index >= 15 is 0 Å². The lowest BCUT2D eigenvalue weighted by molar-refractivity contribution is 0.0489. The van der Waals surface area contributed by atoms with Crippen LogP contribution in [0.4, 0.5) is 11.6 Å². The molecule has 204 valence electrons. The van der Waals surface area contributed by atoms with Gasteiger partial charge in [-0.15, -0.1) is 0 Å². The zero-order chi connectivity index (χ0) is 27.0. The number of amides is 2. The third-order valence-corrected chi connectivity index (χ3v) is 8.19. The highest BCUT2D eigenvalue weighted by Crippen LogP contribution is 2.31. The molecule has 1 atom stereocenters. The fraction of sp³-hybridized carbons (Fsp3) is 0.538. The van der Waals surface area contributed by atoms with Crippen molar-refractivity contribution in [2.24, 2.45) is 0 Å². The van der Waals surface area contributed by atoms with Crippen LogP contribution in [0.2, 0.25) is 10.2 Å². The van der Waals surface area contributed by atoms with Crippen LogP contribution in [-0.2, 0) is 0 Å². The van der Waals surface area contributed by atoms with Crippen LogP contribution in [-0.4, -0.2) is 87.5 Å². The van der Waals surface area contributed by atoms with Crippen molar-refractivity contribution in [2.45, 2.75) is 57.2 Å². The highest BCUT2D eigenvalue weighted by atomic mass is 35.5. The molecule has 2 saturated heterocycles. The summed E-state index contributed by atoms with van der Waals surface area (Å²) in [4.78, 5) is 40.6. The standard InChI is InChI=1S/C26H33Cl2N7O3/c1-2-17-14-34(24-22(28)31-21(23(29)32-24)25(37)30-16-4-5-16)11-12-35(17)18-7-9-33(10-8-18)26(38)19-6-3-15(27)13-20(19)36/h3,6,13,16-18,36H,2,4-5,7-12,14H2,1H3,(H2,29,32)(H,30,37)/t17-/m0/s1. The smallest absolute Gasteiger partial charge is 0.274 e. The summed E-state index contributed by atoms with van der Waals surface area (Å²) in [7, 11) is 0. The van der Waals surface area contributed by atoms with E-state index in [0.717, 1.165) is 45.2 Å². The van der Waals surface area contributed by atoms with Gasteiger partial charge in [0.15, 0.2) is 22.5 Å². The number of likely N-dealkylation sites (tertiary alicyclic amines) is 1. The highest BCUT2D eigenvalue weighted by molar-refractivity contribution is 6.32. The second-order valence-electron chi connectivity index (χ2n) is 10.3. The van der Waals surface area contributed by atoms with Crippen molar-refractivity contribution >= 4 is 46.7 Å². The van der Waals surface area contributed by atoms with Crippen molar-refractivity contribution in [1.82, 2.24) is 25.1 Å². The molecule has 0 unspecified atom stereocenters. The number of carbonyl (C=O) groups is 2. The monoisotopic (exact) mass is 561 g/mol. The summed E-state index contributed by atoms with van der Waals surface area (Å²) >= 11 is 12.4. The number of nitrogen functional groups attached to an aromatic ring is 1. The number of anilines is 2. The van der Waals surface area contributed by atoms with Gasteiger partial charge in [0.25, 0.3) is 11.8 Å². The molecule has 3 aliphatic rings. The number of phenols is 1. The summed E-state index contributed by atoms with van der Waals surface area (Å²) in [6, 6.07) is 5.40. The topological polar surface area (TPSA) is 128 Å². The molecule has 12 heteroatoms. The SMILES string of the molecule is CC[C@H]1CN(c2nc(N)c(C(=O)NC3CC3)nc2Cl)CCN1C1CCN(C(=O)c2ccc(Cl)cc2O)CC1. The second kappa shape index (κ2) is 11.1. The Labute approximate surface area is 232 Å². The molecule has 10 nitrogen and oxygen atoms in total. The molecular weight excluding hydrogens is 529 g/mol. The fourth-order valence-electron chi connectivity index (χ4n) is 5.43. The lowest BCUT2D eigenvalue weighted by Gasteiger charge is -2.47.